The Morgan fingerprint density at radius 2 is 2.06 bits per heavy atom. The maximum absolute atomic E-state index is 11.9. The van der Waals surface area contributed by atoms with Gasteiger partial charge in [-0.05, 0) is 32.2 Å². The molecule has 104 valence electrons. The lowest BCUT2D eigenvalue weighted by Crippen LogP contribution is -2.46. The van der Waals surface area contributed by atoms with E-state index < -0.39 is 0 Å². The van der Waals surface area contributed by atoms with Crippen LogP contribution in [0.1, 0.15) is 33.6 Å². The van der Waals surface area contributed by atoms with Crippen molar-refractivity contribution in [3.63, 3.8) is 0 Å². The van der Waals surface area contributed by atoms with Crippen LogP contribution in [0.25, 0.3) is 0 Å². The Bertz CT molecular complexity index is 305. The molecule has 1 heterocycles. The number of nitrogens with one attached hydrogen (secondary N) is 1. The van der Waals surface area contributed by atoms with Gasteiger partial charge in [-0.25, -0.2) is 0 Å². The second kappa shape index (κ2) is 6.73. The zero-order valence-corrected chi connectivity index (χ0v) is 11.7. The molecule has 18 heavy (non-hydrogen) atoms. The van der Waals surface area contributed by atoms with E-state index in [4.69, 9.17) is 4.74 Å². The van der Waals surface area contributed by atoms with Crippen LogP contribution in [0.15, 0.2) is 0 Å². The molecule has 0 saturated carbocycles. The molecule has 0 radical (unpaired) electrons. The second-order valence-electron chi connectivity index (χ2n) is 5.25. The highest BCUT2D eigenvalue weighted by atomic mass is 16.5. The van der Waals surface area contributed by atoms with E-state index in [1.165, 1.54) is 7.11 Å². The van der Waals surface area contributed by atoms with Crippen LogP contribution in [0.5, 0.6) is 0 Å². The number of likely N-dealkylation sites (tertiary alicyclic amines) is 1. The summed E-state index contributed by atoms with van der Waals surface area (Å²) in [5.74, 6) is 0.146. The third-order valence-corrected chi connectivity index (χ3v) is 3.57. The molecule has 0 aromatic rings. The number of hydrogen-bond donors (Lipinski definition) is 1. The van der Waals surface area contributed by atoms with E-state index in [9.17, 15) is 9.59 Å². The molecule has 1 amide bonds. The molecule has 2 atom stereocenters. The summed E-state index contributed by atoms with van der Waals surface area (Å²) in [6.07, 6.45) is 1.71. The van der Waals surface area contributed by atoms with Crippen LogP contribution in [0.2, 0.25) is 0 Å². The molecule has 0 aromatic carbocycles. The van der Waals surface area contributed by atoms with Gasteiger partial charge in [0.05, 0.1) is 13.7 Å². The molecule has 0 spiro atoms. The van der Waals surface area contributed by atoms with Crippen molar-refractivity contribution < 1.29 is 14.3 Å². The van der Waals surface area contributed by atoms with Crippen molar-refractivity contribution in [3.05, 3.63) is 0 Å². The highest BCUT2D eigenvalue weighted by molar-refractivity contribution is 5.81. The van der Waals surface area contributed by atoms with Gasteiger partial charge in [0, 0.05) is 6.04 Å². The molecule has 5 nitrogen and oxygen atoms in total. The van der Waals surface area contributed by atoms with Crippen molar-refractivity contribution in [3.8, 4) is 0 Å². The third kappa shape index (κ3) is 3.98. The van der Waals surface area contributed by atoms with E-state index in [1.54, 1.807) is 0 Å². The minimum absolute atomic E-state index is 0.0213. The topological polar surface area (TPSA) is 58.6 Å². The maximum Gasteiger partial charge on any atom is 0.323 e. The van der Waals surface area contributed by atoms with E-state index in [2.05, 4.69) is 19.2 Å². The number of hydrogen-bond acceptors (Lipinski definition) is 4. The van der Waals surface area contributed by atoms with Crippen LogP contribution < -0.4 is 5.32 Å². The molecule has 1 saturated heterocycles. The van der Waals surface area contributed by atoms with Gasteiger partial charge in [-0.1, -0.05) is 13.8 Å². The first kappa shape index (κ1) is 15.0. The van der Waals surface area contributed by atoms with Crippen LogP contribution >= 0.6 is 0 Å². The lowest BCUT2D eigenvalue weighted by atomic mass is 10.1. The Kier molecular flexibility index (Phi) is 5.59. The van der Waals surface area contributed by atoms with Crippen molar-refractivity contribution in [1.82, 2.24) is 10.2 Å². The summed E-state index contributed by atoms with van der Waals surface area (Å²) in [6.45, 7) is 7.18. The molecule has 1 N–H and O–H groups in total. The maximum atomic E-state index is 11.9. The van der Waals surface area contributed by atoms with Crippen molar-refractivity contribution >= 4 is 11.9 Å². The van der Waals surface area contributed by atoms with Gasteiger partial charge in [-0.15, -0.1) is 0 Å². The van der Waals surface area contributed by atoms with E-state index >= 15 is 0 Å². The minimum atomic E-state index is -0.255. The lowest BCUT2D eigenvalue weighted by molar-refractivity contribution is -0.146. The second-order valence-corrected chi connectivity index (χ2v) is 5.25. The monoisotopic (exact) mass is 256 g/mol. The minimum Gasteiger partial charge on any atom is -0.468 e. The Morgan fingerprint density at radius 3 is 2.61 bits per heavy atom. The summed E-state index contributed by atoms with van der Waals surface area (Å²) < 4.78 is 4.75. The molecule has 0 aromatic heterocycles. The van der Waals surface area contributed by atoms with Gasteiger partial charge in [0.15, 0.2) is 0 Å². The number of esters is 1. The van der Waals surface area contributed by atoms with Gasteiger partial charge in [0.1, 0.15) is 6.04 Å². The van der Waals surface area contributed by atoms with Crippen molar-refractivity contribution in [1.29, 1.82) is 0 Å². The number of ether oxygens (including phenoxy) is 1. The Balaban J connectivity index is 2.46. The predicted molar refractivity (Wildman–Crippen MR) is 69.1 cm³/mol. The number of carbonyl (C=O) groups is 2. The number of rotatable bonds is 5. The van der Waals surface area contributed by atoms with Crippen LogP contribution in [0.4, 0.5) is 0 Å². The Morgan fingerprint density at radius 1 is 1.39 bits per heavy atom. The summed E-state index contributed by atoms with van der Waals surface area (Å²) in [5, 5.41) is 2.95. The SMILES string of the molecule is COC(=O)C1CCCN1CC(=O)NC(C)C(C)C. The lowest BCUT2D eigenvalue weighted by Gasteiger charge is -2.24. The van der Waals surface area contributed by atoms with Crippen molar-refractivity contribution in [2.24, 2.45) is 5.92 Å². The molecule has 5 heteroatoms. The summed E-state index contributed by atoms with van der Waals surface area (Å²) >= 11 is 0. The average Bonchev–Trinajstić information content (AvgIpc) is 2.75. The quantitative estimate of drug-likeness (QED) is 0.739. The zero-order chi connectivity index (χ0) is 13.7. The fraction of sp³-hybridized carbons (Fsp3) is 0.846. The largest absolute Gasteiger partial charge is 0.468 e. The molecule has 1 aliphatic heterocycles. The molecule has 1 fully saturated rings. The first-order valence-corrected chi connectivity index (χ1v) is 6.57. The van der Waals surface area contributed by atoms with E-state index in [-0.39, 0.29) is 30.5 Å². The summed E-state index contributed by atoms with van der Waals surface area (Å²) in [7, 11) is 1.39. The summed E-state index contributed by atoms with van der Waals surface area (Å²) in [5.41, 5.74) is 0. The average molecular weight is 256 g/mol. The van der Waals surface area contributed by atoms with Gasteiger partial charge in [0.25, 0.3) is 0 Å². The fourth-order valence-corrected chi connectivity index (χ4v) is 2.07. The Hall–Kier alpha value is -1.10. The van der Waals surface area contributed by atoms with E-state index in [1.807, 2.05) is 11.8 Å². The molecule has 0 aliphatic carbocycles. The van der Waals surface area contributed by atoms with Gasteiger partial charge < -0.3 is 10.1 Å². The first-order valence-electron chi connectivity index (χ1n) is 6.57. The zero-order valence-electron chi connectivity index (χ0n) is 11.7. The van der Waals surface area contributed by atoms with Gasteiger partial charge in [-0.2, -0.15) is 0 Å². The fourth-order valence-electron chi connectivity index (χ4n) is 2.07. The first-order chi connectivity index (χ1) is 8.45. The van der Waals surface area contributed by atoms with Crippen molar-refractivity contribution in [2.75, 3.05) is 20.2 Å². The van der Waals surface area contributed by atoms with Gasteiger partial charge in [-0.3, -0.25) is 14.5 Å². The van der Waals surface area contributed by atoms with Crippen LogP contribution in [-0.4, -0.2) is 49.1 Å². The van der Waals surface area contributed by atoms with Gasteiger partial charge in [0.2, 0.25) is 5.91 Å². The molecular weight excluding hydrogens is 232 g/mol. The number of amides is 1. The molecule has 2 unspecified atom stereocenters. The molecular formula is C13H24N2O3. The van der Waals surface area contributed by atoms with E-state index in [0.717, 1.165) is 19.4 Å². The standard InChI is InChI=1S/C13H24N2O3/c1-9(2)10(3)14-12(16)8-15-7-5-6-11(15)13(17)18-4/h9-11H,5-8H2,1-4H3,(H,14,16). The van der Waals surface area contributed by atoms with Crippen LogP contribution in [0.3, 0.4) is 0 Å². The third-order valence-electron chi connectivity index (χ3n) is 3.57. The van der Waals surface area contributed by atoms with Crippen molar-refractivity contribution in [2.45, 2.75) is 45.7 Å². The molecule has 0 bridgehead atoms. The number of methoxy groups -OCH3 is 1. The number of nitrogens with zero attached hydrogens (tertiary/aromatic N) is 1. The molecule has 1 aliphatic rings. The normalized spacial score (nSPS) is 21.9. The van der Waals surface area contributed by atoms with Crippen LogP contribution in [-0.2, 0) is 14.3 Å². The highest BCUT2D eigenvalue weighted by Crippen LogP contribution is 2.17. The molecule has 1 rings (SSSR count). The predicted octanol–water partition coefficient (Wildman–Crippen LogP) is 0.785. The Labute approximate surface area is 109 Å². The smallest absolute Gasteiger partial charge is 0.323 e. The summed E-state index contributed by atoms with van der Waals surface area (Å²) in [6, 6.07) is -0.105. The number of carbonyl (C=O) groups excluding carboxylic acids is 2. The highest BCUT2D eigenvalue weighted by Gasteiger charge is 2.32. The van der Waals surface area contributed by atoms with Gasteiger partial charge >= 0.3 is 5.97 Å². The van der Waals surface area contributed by atoms with Crippen LogP contribution in [0, 0.1) is 5.92 Å². The van der Waals surface area contributed by atoms with E-state index in [0.29, 0.717) is 5.92 Å². The summed E-state index contributed by atoms with van der Waals surface area (Å²) in [4.78, 5) is 25.3.